The SMILES string of the molecule is c1ccc2c(c1)cc(N(c1ccc(-c3cccc4c3sc3ccccc34)cc1)c1ccc(-c3cccc4oc5ccccc5c34)cc1)c1ccccc12. The first-order valence-corrected chi connectivity index (χ1v) is 18.8. The molecule has 11 aromatic rings. The minimum Gasteiger partial charge on any atom is -0.456 e. The summed E-state index contributed by atoms with van der Waals surface area (Å²) in [5.74, 6) is 0. The van der Waals surface area contributed by atoms with Gasteiger partial charge in [0.05, 0.1) is 5.69 Å². The molecular formula is C50H31NOS. The molecular weight excluding hydrogens is 663 g/mol. The van der Waals surface area contributed by atoms with Crippen LogP contribution >= 0.6 is 11.3 Å². The smallest absolute Gasteiger partial charge is 0.136 e. The molecule has 0 aliphatic carbocycles. The number of furan rings is 1. The zero-order valence-corrected chi connectivity index (χ0v) is 29.5. The number of fused-ring (bicyclic) bond motifs is 9. The minimum absolute atomic E-state index is 0.906. The zero-order chi connectivity index (χ0) is 34.9. The van der Waals surface area contributed by atoms with Crippen molar-refractivity contribution >= 4 is 92.1 Å². The molecule has 3 heteroatoms. The van der Waals surface area contributed by atoms with Gasteiger partial charge >= 0.3 is 0 Å². The predicted octanol–water partition coefficient (Wildman–Crippen LogP) is 15.1. The molecule has 2 aromatic heterocycles. The van der Waals surface area contributed by atoms with Crippen LogP contribution in [0.4, 0.5) is 17.1 Å². The van der Waals surface area contributed by atoms with Gasteiger partial charge in [0.1, 0.15) is 11.2 Å². The first-order chi connectivity index (χ1) is 26.3. The third-order valence-corrected chi connectivity index (χ3v) is 11.9. The second-order valence-electron chi connectivity index (χ2n) is 13.6. The van der Waals surface area contributed by atoms with E-state index in [1.807, 2.05) is 23.5 Å². The molecule has 0 unspecified atom stereocenters. The number of benzene rings is 9. The van der Waals surface area contributed by atoms with Gasteiger partial charge < -0.3 is 9.32 Å². The Hall–Kier alpha value is -6.68. The monoisotopic (exact) mass is 693 g/mol. The molecule has 53 heavy (non-hydrogen) atoms. The van der Waals surface area contributed by atoms with Crippen molar-refractivity contribution in [1.82, 2.24) is 0 Å². The van der Waals surface area contributed by atoms with Crippen LogP contribution in [0.5, 0.6) is 0 Å². The average molecular weight is 694 g/mol. The van der Waals surface area contributed by atoms with Gasteiger partial charge in [0, 0.05) is 47.7 Å². The summed E-state index contributed by atoms with van der Waals surface area (Å²) in [7, 11) is 0. The van der Waals surface area contributed by atoms with E-state index in [9.17, 15) is 0 Å². The number of nitrogens with zero attached hydrogens (tertiary/aromatic N) is 1. The molecule has 0 saturated carbocycles. The van der Waals surface area contributed by atoms with E-state index in [-0.39, 0.29) is 0 Å². The van der Waals surface area contributed by atoms with Crippen molar-refractivity contribution in [2.75, 3.05) is 4.90 Å². The van der Waals surface area contributed by atoms with E-state index < -0.39 is 0 Å². The summed E-state index contributed by atoms with van der Waals surface area (Å²) in [6, 6.07) is 68.0. The van der Waals surface area contributed by atoms with Gasteiger partial charge in [-0.2, -0.15) is 0 Å². The van der Waals surface area contributed by atoms with E-state index in [1.54, 1.807) is 0 Å². The molecule has 0 amide bonds. The average Bonchev–Trinajstić information content (AvgIpc) is 3.80. The highest BCUT2D eigenvalue weighted by Gasteiger charge is 2.19. The maximum absolute atomic E-state index is 6.24. The first-order valence-electron chi connectivity index (χ1n) is 18.0. The predicted molar refractivity (Wildman–Crippen MR) is 227 cm³/mol. The van der Waals surface area contributed by atoms with Crippen molar-refractivity contribution < 1.29 is 4.42 Å². The van der Waals surface area contributed by atoms with Crippen molar-refractivity contribution in [1.29, 1.82) is 0 Å². The Morgan fingerprint density at radius 3 is 1.75 bits per heavy atom. The van der Waals surface area contributed by atoms with Gasteiger partial charge in [-0.25, -0.2) is 0 Å². The Morgan fingerprint density at radius 1 is 0.396 bits per heavy atom. The molecule has 0 radical (unpaired) electrons. The molecule has 0 fully saturated rings. The van der Waals surface area contributed by atoms with Crippen LogP contribution in [-0.4, -0.2) is 0 Å². The number of anilines is 3. The summed E-state index contributed by atoms with van der Waals surface area (Å²) in [4.78, 5) is 2.41. The third kappa shape index (κ3) is 4.78. The lowest BCUT2D eigenvalue weighted by Crippen LogP contribution is -2.10. The molecule has 0 aliphatic rings. The molecule has 2 heterocycles. The summed E-state index contributed by atoms with van der Waals surface area (Å²) in [6.07, 6.45) is 0. The Bertz CT molecular complexity index is 3170. The van der Waals surface area contributed by atoms with Crippen LogP contribution in [0.2, 0.25) is 0 Å². The molecule has 0 atom stereocenters. The van der Waals surface area contributed by atoms with Crippen LogP contribution < -0.4 is 4.90 Å². The van der Waals surface area contributed by atoms with Gasteiger partial charge in [0.25, 0.3) is 0 Å². The van der Waals surface area contributed by atoms with E-state index in [4.69, 9.17) is 4.42 Å². The normalized spacial score (nSPS) is 11.8. The van der Waals surface area contributed by atoms with Gasteiger partial charge in [-0.15, -0.1) is 11.3 Å². The highest BCUT2D eigenvalue weighted by Crippen LogP contribution is 2.45. The fourth-order valence-electron chi connectivity index (χ4n) is 8.22. The lowest BCUT2D eigenvalue weighted by Gasteiger charge is -2.28. The van der Waals surface area contributed by atoms with E-state index in [2.05, 4.69) is 181 Å². The van der Waals surface area contributed by atoms with Crippen LogP contribution in [0.1, 0.15) is 0 Å². The van der Waals surface area contributed by atoms with Gasteiger partial charge in [0.15, 0.2) is 0 Å². The molecule has 0 spiro atoms. The second-order valence-corrected chi connectivity index (χ2v) is 14.7. The van der Waals surface area contributed by atoms with Gasteiger partial charge in [-0.3, -0.25) is 0 Å². The number of hydrogen-bond donors (Lipinski definition) is 0. The highest BCUT2D eigenvalue weighted by molar-refractivity contribution is 7.26. The number of rotatable bonds is 5. The molecule has 9 aromatic carbocycles. The summed E-state index contributed by atoms with van der Waals surface area (Å²) in [6.45, 7) is 0. The van der Waals surface area contributed by atoms with Crippen LogP contribution in [0, 0.1) is 0 Å². The van der Waals surface area contributed by atoms with Crippen LogP contribution in [0.25, 0.3) is 85.9 Å². The molecule has 0 bridgehead atoms. The fraction of sp³-hybridized carbons (Fsp3) is 0. The van der Waals surface area contributed by atoms with Crippen LogP contribution in [0.3, 0.4) is 0 Å². The lowest BCUT2D eigenvalue weighted by molar-refractivity contribution is 0.669. The molecule has 11 rings (SSSR count). The largest absolute Gasteiger partial charge is 0.456 e. The number of thiophene rings is 1. The summed E-state index contributed by atoms with van der Waals surface area (Å²) < 4.78 is 8.89. The lowest BCUT2D eigenvalue weighted by atomic mass is 9.97. The Morgan fingerprint density at radius 2 is 0.962 bits per heavy atom. The van der Waals surface area contributed by atoms with E-state index in [0.717, 1.165) is 44.6 Å². The maximum atomic E-state index is 6.24. The first kappa shape index (κ1) is 30.0. The van der Waals surface area contributed by atoms with Gasteiger partial charge in [-0.05, 0) is 86.9 Å². The summed E-state index contributed by atoms with van der Waals surface area (Å²) in [5, 5.41) is 9.86. The summed E-state index contributed by atoms with van der Waals surface area (Å²) in [5.41, 5.74) is 9.97. The van der Waals surface area contributed by atoms with Gasteiger partial charge in [0.2, 0.25) is 0 Å². The standard InChI is InChI=1S/C50H31NOS/c1-2-12-37-34(11-1)31-45(41-14-4-3-13-40(37)41)51(35-27-23-32(24-28-35)38-17-10-21-47-49(38)44-16-5-7-20-46(44)52-47)36-29-25-33(26-30-36)39-18-9-19-43-42-15-6-8-22-48(42)53-50(39)43/h1-31H. The van der Waals surface area contributed by atoms with E-state index >= 15 is 0 Å². The van der Waals surface area contributed by atoms with Gasteiger partial charge in [-0.1, -0.05) is 140 Å². The third-order valence-electron chi connectivity index (χ3n) is 10.7. The number of para-hydroxylation sites is 1. The Balaban J connectivity index is 1.08. The van der Waals surface area contributed by atoms with E-state index in [0.29, 0.717) is 0 Å². The van der Waals surface area contributed by atoms with Crippen molar-refractivity contribution in [3.63, 3.8) is 0 Å². The molecule has 248 valence electrons. The van der Waals surface area contributed by atoms with Crippen LogP contribution in [-0.2, 0) is 0 Å². The maximum Gasteiger partial charge on any atom is 0.136 e. The molecule has 0 aliphatic heterocycles. The minimum atomic E-state index is 0.906. The Kier molecular flexibility index (Phi) is 6.76. The molecule has 2 nitrogen and oxygen atoms in total. The fourth-order valence-corrected chi connectivity index (χ4v) is 9.45. The number of hydrogen-bond acceptors (Lipinski definition) is 3. The van der Waals surface area contributed by atoms with Crippen molar-refractivity contribution in [2.45, 2.75) is 0 Å². The quantitative estimate of drug-likeness (QED) is 0.167. The van der Waals surface area contributed by atoms with Crippen molar-refractivity contribution in [2.24, 2.45) is 0 Å². The topological polar surface area (TPSA) is 16.4 Å². The highest BCUT2D eigenvalue weighted by atomic mass is 32.1. The van der Waals surface area contributed by atoms with Crippen LogP contribution in [0.15, 0.2) is 192 Å². The summed E-state index contributed by atoms with van der Waals surface area (Å²) >= 11 is 1.87. The second kappa shape index (κ2) is 11.9. The van der Waals surface area contributed by atoms with Crippen molar-refractivity contribution in [3.8, 4) is 22.3 Å². The van der Waals surface area contributed by atoms with Crippen molar-refractivity contribution in [3.05, 3.63) is 188 Å². The Labute approximate surface area is 310 Å². The van der Waals surface area contributed by atoms with E-state index in [1.165, 1.54) is 58.4 Å². The zero-order valence-electron chi connectivity index (χ0n) is 28.7. The molecule has 0 saturated heterocycles. The molecule has 0 N–H and O–H groups in total.